The van der Waals surface area contributed by atoms with Crippen molar-refractivity contribution >= 4 is 18.3 Å². The lowest BCUT2D eigenvalue weighted by Crippen LogP contribution is -2.44. The Kier molecular flexibility index (Phi) is 7.05. The minimum Gasteiger partial charge on any atom is -0.468 e. The SMILES string of the molecule is CC(N)C(=O)NCC(c1ccco1)N1CCCCC1.Cl. The van der Waals surface area contributed by atoms with E-state index < -0.39 is 6.04 Å². The van der Waals surface area contributed by atoms with E-state index >= 15 is 0 Å². The van der Waals surface area contributed by atoms with Gasteiger partial charge >= 0.3 is 0 Å². The van der Waals surface area contributed by atoms with Gasteiger partial charge in [0.1, 0.15) is 5.76 Å². The van der Waals surface area contributed by atoms with Crippen LogP contribution in [-0.4, -0.2) is 36.5 Å². The van der Waals surface area contributed by atoms with Crippen molar-refractivity contribution in [2.45, 2.75) is 38.3 Å². The molecule has 2 rings (SSSR count). The molecule has 1 aliphatic heterocycles. The van der Waals surface area contributed by atoms with Gasteiger partial charge in [0.2, 0.25) is 5.91 Å². The maximum absolute atomic E-state index is 11.6. The van der Waals surface area contributed by atoms with E-state index in [-0.39, 0.29) is 24.4 Å². The van der Waals surface area contributed by atoms with E-state index in [9.17, 15) is 4.79 Å². The summed E-state index contributed by atoms with van der Waals surface area (Å²) in [5.41, 5.74) is 5.57. The molecule has 114 valence electrons. The minimum absolute atomic E-state index is 0. The summed E-state index contributed by atoms with van der Waals surface area (Å²) in [6.45, 7) is 4.35. The summed E-state index contributed by atoms with van der Waals surface area (Å²) in [5, 5.41) is 2.90. The third kappa shape index (κ3) is 4.51. The molecule has 0 bridgehead atoms. The lowest BCUT2D eigenvalue weighted by Gasteiger charge is -2.33. The second-order valence-corrected chi connectivity index (χ2v) is 5.16. The summed E-state index contributed by atoms with van der Waals surface area (Å²) < 4.78 is 5.52. The quantitative estimate of drug-likeness (QED) is 0.868. The third-order valence-electron chi connectivity index (χ3n) is 3.59. The molecule has 3 N–H and O–H groups in total. The maximum Gasteiger partial charge on any atom is 0.236 e. The molecule has 0 aliphatic carbocycles. The van der Waals surface area contributed by atoms with Crippen molar-refractivity contribution in [2.24, 2.45) is 5.73 Å². The van der Waals surface area contributed by atoms with E-state index in [2.05, 4.69) is 10.2 Å². The van der Waals surface area contributed by atoms with E-state index in [1.165, 1.54) is 19.3 Å². The zero-order valence-corrected chi connectivity index (χ0v) is 12.7. The van der Waals surface area contributed by atoms with Crippen molar-refractivity contribution < 1.29 is 9.21 Å². The molecule has 1 aromatic heterocycles. The van der Waals surface area contributed by atoms with Crippen molar-refractivity contribution in [3.63, 3.8) is 0 Å². The molecular weight excluding hydrogens is 278 g/mol. The van der Waals surface area contributed by atoms with Crippen LogP contribution in [0.5, 0.6) is 0 Å². The maximum atomic E-state index is 11.6. The van der Waals surface area contributed by atoms with Crippen LogP contribution in [0.2, 0.25) is 0 Å². The first kappa shape index (κ1) is 17.0. The number of carbonyl (C=O) groups excluding carboxylic acids is 1. The van der Waals surface area contributed by atoms with Crippen LogP contribution in [0.25, 0.3) is 0 Å². The van der Waals surface area contributed by atoms with E-state index in [0.717, 1.165) is 18.8 Å². The zero-order valence-electron chi connectivity index (χ0n) is 11.9. The van der Waals surface area contributed by atoms with Crippen LogP contribution in [0.4, 0.5) is 0 Å². The van der Waals surface area contributed by atoms with E-state index in [0.29, 0.717) is 6.54 Å². The number of nitrogens with one attached hydrogen (secondary N) is 1. The Hall–Kier alpha value is -1.04. The van der Waals surface area contributed by atoms with E-state index in [1.807, 2.05) is 12.1 Å². The summed E-state index contributed by atoms with van der Waals surface area (Å²) in [7, 11) is 0. The molecule has 1 fully saturated rings. The largest absolute Gasteiger partial charge is 0.468 e. The number of carbonyl (C=O) groups is 1. The summed E-state index contributed by atoms with van der Waals surface area (Å²) in [6.07, 6.45) is 5.38. The van der Waals surface area contributed by atoms with Crippen LogP contribution in [0, 0.1) is 0 Å². The molecule has 0 saturated carbocycles. The molecule has 0 aromatic carbocycles. The number of hydrogen-bond donors (Lipinski definition) is 2. The highest BCUT2D eigenvalue weighted by molar-refractivity contribution is 5.85. The third-order valence-corrected chi connectivity index (χ3v) is 3.59. The Balaban J connectivity index is 0.00000200. The molecule has 20 heavy (non-hydrogen) atoms. The summed E-state index contributed by atoms with van der Waals surface area (Å²) >= 11 is 0. The van der Waals surface area contributed by atoms with E-state index in [1.54, 1.807) is 13.2 Å². The molecular formula is C14H24ClN3O2. The molecule has 1 amide bonds. The fourth-order valence-corrected chi connectivity index (χ4v) is 2.48. The predicted molar refractivity (Wildman–Crippen MR) is 80.8 cm³/mol. The van der Waals surface area contributed by atoms with Gasteiger partial charge in [-0.2, -0.15) is 0 Å². The zero-order chi connectivity index (χ0) is 13.7. The first-order valence-corrected chi connectivity index (χ1v) is 6.99. The monoisotopic (exact) mass is 301 g/mol. The topological polar surface area (TPSA) is 71.5 Å². The van der Waals surface area contributed by atoms with Crippen molar-refractivity contribution in [3.8, 4) is 0 Å². The normalized spacial score (nSPS) is 18.9. The van der Waals surface area contributed by atoms with Gasteiger partial charge in [-0.3, -0.25) is 9.69 Å². The predicted octanol–water partition coefficient (Wildman–Crippen LogP) is 1.69. The fourth-order valence-electron chi connectivity index (χ4n) is 2.48. The van der Waals surface area contributed by atoms with Crippen LogP contribution in [0.1, 0.15) is 38.0 Å². The van der Waals surface area contributed by atoms with E-state index in [4.69, 9.17) is 10.2 Å². The first-order chi connectivity index (χ1) is 9.18. The van der Waals surface area contributed by atoms with Gasteiger partial charge in [-0.05, 0) is 45.0 Å². The molecule has 2 unspecified atom stereocenters. The van der Waals surface area contributed by atoms with Gasteiger partial charge in [-0.25, -0.2) is 0 Å². The average Bonchev–Trinajstić information content (AvgIpc) is 2.94. The molecule has 6 heteroatoms. The highest BCUT2D eigenvalue weighted by Crippen LogP contribution is 2.24. The van der Waals surface area contributed by atoms with Crippen LogP contribution < -0.4 is 11.1 Å². The Bertz CT molecular complexity index is 389. The van der Waals surface area contributed by atoms with Gasteiger partial charge in [-0.15, -0.1) is 12.4 Å². The van der Waals surface area contributed by atoms with Crippen LogP contribution in [-0.2, 0) is 4.79 Å². The first-order valence-electron chi connectivity index (χ1n) is 6.99. The second kappa shape index (κ2) is 8.29. The van der Waals surface area contributed by atoms with Crippen LogP contribution >= 0.6 is 12.4 Å². The number of nitrogens with two attached hydrogens (primary N) is 1. The van der Waals surface area contributed by atoms with Crippen LogP contribution in [0.3, 0.4) is 0 Å². The van der Waals surface area contributed by atoms with Gasteiger partial charge in [0, 0.05) is 6.54 Å². The van der Waals surface area contributed by atoms with Gasteiger partial charge in [0.25, 0.3) is 0 Å². The Morgan fingerprint density at radius 1 is 1.45 bits per heavy atom. The molecule has 2 atom stereocenters. The van der Waals surface area contributed by atoms with Crippen molar-refractivity contribution in [1.29, 1.82) is 0 Å². The highest BCUT2D eigenvalue weighted by Gasteiger charge is 2.25. The standard InChI is InChI=1S/C14H23N3O2.ClH/c1-11(15)14(18)16-10-12(13-6-5-9-19-13)17-7-3-2-4-8-17;/h5-6,9,11-12H,2-4,7-8,10,15H2,1H3,(H,16,18);1H. The van der Waals surface area contributed by atoms with Crippen LogP contribution in [0.15, 0.2) is 22.8 Å². The number of furan rings is 1. The van der Waals surface area contributed by atoms with Gasteiger partial charge in [0.05, 0.1) is 18.3 Å². The number of piperidine rings is 1. The van der Waals surface area contributed by atoms with Gasteiger partial charge < -0.3 is 15.5 Å². The number of amides is 1. The molecule has 1 aliphatic rings. The number of rotatable bonds is 5. The molecule has 0 radical (unpaired) electrons. The Morgan fingerprint density at radius 2 is 2.15 bits per heavy atom. The molecule has 2 heterocycles. The molecule has 5 nitrogen and oxygen atoms in total. The van der Waals surface area contributed by atoms with Crippen molar-refractivity contribution in [3.05, 3.63) is 24.2 Å². The van der Waals surface area contributed by atoms with Gasteiger partial charge in [-0.1, -0.05) is 6.42 Å². The smallest absolute Gasteiger partial charge is 0.236 e. The van der Waals surface area contributed by atoms with Gasteiger partial charge in [0.15, 0.2) is 0 Å². The fraction of sp³-hybridized carbons (Fsp3) is 0.643. The summed E-state index contributed by atoms with van der Waals surface area (Å²) in [5.74, 6) is 0.792. The number of likely N-dealkylation sites (tertiary alicyclic amines) is 1. The second-order valence-electron chi connectivity index (χ2n) is 5.16. The molecule has 0 spiro atoms. The summed E-state index contributed by atoms with van der Waals surface area (Å²) in [4.78, 5) is 14.0. The average molecular weight is 302 g/mol. The van der Waals surface area contributed by atoms with Crippen molar-refractivity contribution in [1.82, 2.24) is 10.2 Å². The lowest BCUT2D eigenvalue weighted by atomic mass is 10.1. The summed E-state index contributed by atoms with van der Waals surface area (Å²) in [6, 6.07) is 3.49. The highest BCUT2D eigenvalue weighted by atomic mass is 35.5. The number of hydrogen-bond acceptors (Lipinski definition) is 4. The lowest BCUT2D eigenvalue weighted by molar-refractivity contribution is -0.122. The molecule has 1 aromatic rings. The van der Waals surface area contributed by atoms with Crippen molar-refractivity contribution in [2.75, 3.05) is 19.6 Å². The Morgan fingerprint density at radius 3 is 2.70 bits per heavy atom. The Labute approximate surface area is 126 Å². The number of nitrogens with zero attached hydrogens (tertiary/aromatic N) is 1. The molecule has 1 saturated heterocycles. The minimum atomic E-state index is -0.474. The number of halogens is 1.